The molecule has 1 amide bonds. The third-order valence-electron chi connectivity index (χ3n) is 11.5. The van der Waals surface area contributed by atoms with Gasteiger partial charge < -0.3 is 19.8 Å². The lowest BCUT2D eigenvalue weighted by molar-refractivity contribution is -0.870. The summed E-state index contributed by atoms with van der Waals surface area (Å²) in [6.45, 7) is 4.77. The molecule has 0 heterocycles. The number of rotatable bonds is 47. The molecule has 0 radical (unpaired) electrons. The van der Waals surface area contributed by atoms with Crippen LogP contribution in [0, 0.1) is 0 Å². The highest BCUT2D eigenvalue weighted by molar-refractivity contribution is 7.47. The van der Waals surface area contributed by atoms with E-state index in [2.05, 4.69) is 55.6 Å². The first kappa shape index (κ1) is 60.5. The van der Waals surface area contributed by atoms with Gasteiger partial charge in [0.15, 0.2) is 0 Å². The van der Waals surface area contributed by atoms with Crippen molar-refractivity contribution in [1.82, 2.24) is 5.32 Å². The van der Waals surface area contributed by atoms with Gasteiger partial charge in [-0.3, -0.25) is 13.8 Å². The molecular weight excluding hydrogens is 792 g/mol. The molecule has 0 saturated heterocycles. The number of nitrogens with one attached hydrogen (secondary N) is 1. The highest BCUT2D eigenvalue weighted by Crippen LogP contribution is 2.43. The predicted molar refractivity (Wildman–Crippen MR) is 267 cm³/mol. The Labute approximate surface area is 384 Å². The molecule has 0 fully saturated rings. The van der Waals surface area contributed by atoms with Crippen LogP contribution in [0.4, 0.5) is 0 Å². The maximum atomic E-state index is 12.9. The quantitative estimate of drug-likeness (QED) is 0.0243. The normalized spacial score (nSPS) is 14.5. The highest BCUT2D eigenvalue weighted by atomic mass is 31.2. The third-order valence-corrected chi connectivity index (χ3v) is 12.5. The second-order valence-electron chi connectivity index (χ2n) is 18.9. The van der Waals surface area contributed by atoms with E-state index in [0.29, 0.717) is 17.4 Å². The van der Waals surface area contributed by atoms with Crippen LogP contribution in [0.1, 0.15) is 232 Å². The Morgan fingerprint density at radius 2 is 0.887 bits per heavy atom. The number of hydrogen-bond donors (Lipinski definition) is 3. The van der Waals surface area contributed by atoms with Gasteiger partial charge in [-0.05, 0) is 70.6 Å². The largest absolute Gasteiger partial charge is 0.472 e. The molecule has 0 aromatic carbocycles. The van der Waals surface area contributed by atoms with Gasteiger partial charge >= 0.3 is 7.82 Å². The molecule has 8 nitrogen and oxygen atoms in total. The van der Waals surface area contributed by atoms with Gasteiger partial charge in [-0.2, -0.15) is 0 Å². The Morgan fingerprint density at radius 3 is 1.31 bits per heavy atom. The number of carbonyl (C=O) groups excluding carboxylic acids is 1. The predicted octanol–water partition coefficient (Wildman–Crippen LogP) is 15.2. The van der Waals surface area contributed by atoms with Crippen LogP contribution in [0.25, 0.3) is 0 Å². The molecule has 0 bridgehead atoms. The monoisotopic (exact) mass is 894 g/mol. The molecule has 0 aromatic heterocycles. The lowest BCUT2D eigenvalue weighted by Gasteiger charge is -2.25. The van der Waals surface area contributed by atoms with Crippen molar-refractivity contribution in [3.63, 3.8) is 0 Å². The van der Waals surface area contributed by atoms with E-state index in [-0.39, 0.29) is 19.1 Å². The fourth-order valence-electron chi connectivity index (χ4n) is 7.36. The Morgan fingerprint density at radius 1 is 0.532 bits per heavy atom. The number of unbranched alkanes of at least 4 members (excludes halogenated alkanes) is 28. The van der Waals surface area contributed by atoms with Crippen LogP contribution in [-0.4, -0.2) is 73.4 Å². The van der Waals surface area contributed by atoms with Crippen LogP contribution < -0.4 is 5.32 Å². The van der Waals surface area contributed by atoms with E-state index in [9.17, 15) is 19.4 Å². The lowest BCUT2D eigenvalue weighted by Crippen LogP contribution is -2.45. The number of carbonyl (C=O) groups is 1. The molecule has 0 saturated carbocycles. The molecule has 0 aromatic rings. The van der Waals surface area contributed by atoms with Gasteiger partial charge in [0.25, 0.3) is 0 Å². The maximum Gasteiger partial charge on any atom is 0.472 e. The van der Waals surface area contributed by atoms with Gasteiger partial charge in [-0.25, -0.2) is 4.57 Å². The van der Waals surface area contributed by atoms with Crippen molar-refractivity contribution < 1.29 is 32.9 Å². The summed E-state index contributed by atoms with van der Waals surface area (Å²) < 4.78 is 23.6. The topological polar surface area (TPSA) is 105 Å². The molecule has 0 aliphatic heterocycles. The average molecular weight is 894 g/mol. The minimum absolute atomic E-state index is 0.0526. The molecule has 0 aliphatic carbocycles. The zero-order valence-corrected chi connectivity index (χ0v) is 42.3. The van der Waals surface area contributed by atoms with E-state index in [4.69, 9.17) is 9.05 Å². The lowest BCUT2D eigenvalue weighted by atomic mass is 10.0. The Hall–Kier alpha value is -1.54. The van der Waals surface area contributed by atoms with E-state index < -0.39 is 20.0 Å². The summed E-state index contributed by atoms with van der Waals surface area (Å²) in [7, 11) is 1.54. The maximum absolute atomic E-state index is 12.9. The van der Waals surface area contributed by atoms with Crippen LogP contribution in [-0.2, 0) is 18.4 Å². The van der Waals surface area contributed by atoms with Crippen molar-refractivity contribution in [2.75, 3.05) is 40.9 Å². The fraction of sp³-hybridized carbons (Fsp3) is 0.830. The summed E-state index contributed by atoms with van der Waals surface area (Å²) in [4.78, 5) is 23.2. The minimum Gasteiger partial charge on any atom is -0.387 e. The number of phosphoric ester groups is 1. The molecule has 3 unspecified atom stereocenters. The van der Waals surface area contributed by atoms with E-state index in [0.717, 1.165) is 44.9 Å². The molecular formula is C53H102N2O6P+. The van der Waals surface area contributed by atoms with Crippen LogP contribution in [0.5, 0.6) is 0 Å². The number of likely N-dealkylation sites (N-methyl/N-ethyl adjacent to an activating group) is 1. The summed E-state index contributed by atoms with van der Waals surface area (Å²) in [5, 5.41) is 13.8. The Balaban J connectivity index is 4.23. The molecule has 0 aliphatic rings. The smallest absolute Gasteiger partial charge is 0.387 e. The fourth-order valence-corrected chi connectivity index (χ4v) is 8.10. The first-order valence-electron chi connectivity index (χ1n) is 26.0. The van der Waals surface area contributed by atoms with Crippen LogP contribution >= 0.6 is 7.82 Å². The van der Waals surface area contributed by atoms with Crippen molar-refractivity contribution >= 4 is 13.7 Å². The molecule has 0 spiro atoms. The summed E-state index contributed by atoms with van der Waals surface area (Å²) in [5.41, 5.74) is 0. The Bertz CT molecular complexity index is 1150. The zero-order valence-electron chi connectivity index (χ0n) is 41.4. The number of allylic oxidation sites excluding steroid dienone is 7. The second-order valence-corrected chi connectivity index (χ2v) is 20.3. The van der Waals surface area contributed by atoms with Crippen LogP contribution in [0.2, 0.25) is 0 Å². The van der Waals surface area contributed by atoms with Gasteiger partial charge in [0.1, 0.15) is 13.2 Å². The number of hydrogen-bond acceptors (Lipinski definition) is 5. The summed E-state index contributed by atoms with van der Waals surface area (Å²) in [6, 6.07) is -0.870. The number of nitrogens with zero attached hydrogens (tertiary/aromatic N) is 1. The number of aliphatic hydroxyl groups is 1. The van der Waals surface area contributed by atoms with Gasteiger partial charge in [0.2, 0.25) is 5.91 Å². The van der Waals surface area contributed by atoms with Gasteiger partial charge in [0, 0.05) is 6.42 Å². The molecule has 364 valence electrons. The molecule has 3 atom stereocenters. The van der Waals surface area contributed by atoms with E-state index in [1.54, 1.807) is 6.08 Å². The molecule has 9 heteroatoms. The number of amides is 1. The molecule has 62 heavy (non-hydrogen) atoms. The average Bonchev–Trinajstić information content (AvgIpc) is 3.23. The number of phosphoric acid groups is 1. The summed E-state index contributed by atoms with van der Waals surface area (Å²) in [6.07, 6.45) is 57.8. The van der Waals surface area contributed by atoms with Crippen molar-refractivity contribution in [3.8, 4) is 0 Å². The van der Waals surface area contributed by atoms with Crippen LogP contribution in [0.3, 0.4) is 0 Å². The summed E-state index contributed by atoms with van der Waals surface area (Å²) in [5.74, 6) is -0.193. The van der Waals surface area contributed by atoms with E-state index in [1.165, 1.54) is 167 Å². The first-order valence-corrected chi connectivity index (χ1v) is 27.5. The van der Waals surface area contributed by atoms with Gasteiger partial charge in [-0.1, -0.05) is 204 Å². The third kappa shape index (κ3) is 46.5. The van der Waals surface area contributed by atoms with Crippen molar-refractivity contribution in [3.05, 3.63) is 48.6 Å². The molecule has 0 rings (SSSR count). The van der Waals surface area contributed by atoms with Gasteiger partial charge in [0.05, 0.1) is 39.9 Å². The van der Waals surface area contributed by atoms with Crippen LogP contribution in [0.15, 0.2) is 48.6 Å². The SMILES string of the molecule is CCCCCC/C=C/CC/C=C/CC/C=C/C(O)C(COP(=O)(O)OCC[N+](C)(C)C)NC(=O)CCCCCCCCCCCC/C=C\CCCCCCCCCCCCCC. The van der Waals surface area contributed by atoms with Crippen molar-refractivity contribution in [2.45, 2.75) is 244 Å². The zero-order chi connectivity index (χ0) is 45.7. The van der Waals surface area contributed by atoms with E-state index in [1.807, 2.05) is 27.2 Å². The first-order chi connectivity index (χ1) is 30.0. The minimum atomic E-state index is -4.35. The molecule has 3 N–H and O–H groups in total. The van der Waals surface area contributed by atoms with Gasteiger partial charge in [-0.15, -0.1) is 0 Å². The van der Waals surface area contributed by atoms with Crippen molar-refractivity contribution in [1.29, 1.82) is 0 Å². The van der Waals surface area contributed by atoms with Crippen molar-refractivity contribution in [2.24, 2.45) is 0 Å². The number of aliphatic hydroxyl groups excluding tert-OH is 1. The Kier molecular flexibility index (Phi) is 43.5. The number of quaternary nitrogens is 1. The second kappa shape index (κ2) is 44.7. The highest BCUT2D eigenvalue weighted by Gasteiger charge is 2.27. The standard InChI is InChI=1S/C53H101N2O6P/c1-6-8-10-12-14-16-18-20-22-23-24-25-26-27-28-29-30-31-32-33-35-37-39-41-43-45-47-53(57)54-51(50-61-62(58,59)60-49-48-55(3,4)5)52(56)46-44-42-40-38-36-34-21-19-17-15-13-11-9-7-2/h17,19,27-28,36,38,44,46,51-52,56H,6-16,18,20-26,29-35,37,39-43,45,47-50H2,1-5H3,(H-,54,57,58,59)/p+1/b19-17+,28-27-,38-36+,46-44+. The van der Waals surface area contributed by atoms with E-state index >= 15 is 0 Å². The summed E-state index contributed by atoms with van der Waals surface area (Å²) >= 11 is 0.